The summed E-state index contributed by atoms with van der Waals surface area (Å²) < 4.78 is 5.39. The number of benzene rings is 1. The number of aliphatic imine (C=N–C) groups is 1. The highest BCUT2D eigenvalue weighted by Gasteiger charge is 2.45. The maximum Gasteiger partial charge on any atom is 0.263 e. The number of halogens is 1. The van der Waals surface area contributed by atoms with Crippen molar-refractivity contribution in [2.45, 2.75) is 78.1 Å². The lowest BCUT2D eigenvalue weighted by Crippen LogP contribution is -2.34. The van der Waals surface area contributed by atoms with Crippen molar-refractivity contribution in [3.8, 4) is 0 Å². The van der Waals surface area contributed by atoms with Crippen molar-refractivity contribution in [3.63, 3.8) is 0 Å². The van der Waals surface area contributed by atoms with Crippen molar-refractivity contribution in [3.05, 3.63) is 53.4 Å². The number of unbranched alkanes of at least 4 members (excludes halogenated alkanes) is 1. The van der Waals surface area contributed by atoms with E-state index in [0.29, 0.717) is 29.5 Å². The van der Waals surface area contributed by atoms with Gasteiger partial charge in [0.2, 0.25) is 5.91 Å². The van der Waals surface area contributed by atoms with Crippen LogP contribution in [-0.4, -0.2) is 24.1 Å². The van der Waals surface area contributed by atoms with E-state index >= 15 is 0 Å². The molecule has 2 rings (SSSR count). The molecule has 182 valence electrons. The minimum Gasteiger partial charge on any atom is -0.492 e. The average Bonchev–Trinajstić information content (AvgIpc) is 3.04. The van der Waals surface area contributed by atoms with E-state index in [0.717, 1.165) is 49.8 Å². The molecule has 0 aromatic heterocycles. The van der Waals surface area contributed by atoms with Crippen LogP contribution in [0.1, 0.15) is 78.2 Å². The molecule has 0 fully saturated rings. The molecule has 0 saturated heterocycles. The van der Waals surface area contributed by atoms with E-state index in [9.17, 15) is 9.59 Å². The first kappa shape index (κ1) is 28.4. The molecule has 0 spiro atoms. The monoisotopic (exact) mass is 475 g/mol. The second kappa shape index (κ2) is 14.5. The summed E-state index contributed by atoms with van der Waals surface area (Å²) in [5.74, 6) is 0.190. The van der Waals surface area contributed by atoms with Gasteiger partial charge in [-0.1, -0.05) is 65.1 Å². The van der Waals surface area contributed by atoms with Gasteiger partial charge in [0.25, 0.3) is 5.91 Å². The van der Waals surface area contributed by atoms with Gasteiger partial charge in [-0.15, -0.1) is 0 Å². The second-order valence-corrected chi connectivity index (χ2v) is 8.39. The Morgan fingerprint density at radius 1 is 1.21 bits per heavy atom. The van der Waals surface area contributed by atoms with Gasteiger partial charge in [0.05, 0.1) is 18.2 Å². The van der Waals surface area contributed by atoms with Crippen molar-refractivity contribution in [2.24, 2.45) is 10.7 Å². The molecule has 1 aliphatic heterocycles. The maximum atomic E-state index is 12.3. The Morgan fingerprint density at radius 2 is 1.88 bits per heavy atom. The third kappa shape index (κ3) is 8.04. The second-order valence-electron chi connectivity index (χ2n) is 7.96. The number of nitrogens with one attached hydrogen (secondary N) is 1. The molecule has 0 bridgehead atoms. The van der Waals surface area contributed by atoms with Gasteiger partial charge in [0.1, 0.15) is 11.5 Å². The summed E-state index contributed by atoms with van der Waals surface area (Å²) in [6.45, 7) is 12.4. The van der Waals surface area contributed by atoms with Crippen LogP contribution in [0.3, 0.4) is 0 Å². The number of hydrogen-bond acceptors (Lipinski definition) is 4. The number of carbonyl (C=O) groups excluding carboxylic acids is 2. The molecule has 6 nitrogen and oxygen atoms in total. The molecule has 33 heavy (non-hydrogen) atoms. The lowest BCUT2D eigenvalue weighted by atomic mass is 9.74. The Morgan fingerprint density at radius 3 is 2.39 bits per heavy atom. The van der Waals surface area contributed by atoms with E-state index in [-0.39, 0.29) is 11.3 Å². The number of carbonyl (C=O) groups is 2. The lowest BCUT2D eigenvalue weighted by molar-refractivity contribution is -0.121. The minimum atomic E-state index is -0.504. The van der Waals surface area contributed by atoms with E-state index in [2.05, 4.69) is 37.7 Å². The van der Waals surface area contributed by atoms with Gasteiger partial charge in [0, 0.05) is 10.7 Å². The first-order valence-electron chi connectivity index (χ1n) is 11.7. The van der Waals surface area contributed by atoms with Gasteiger partial charge in [0.15, 0.2) is 0 Å². The first-order chi connectivity index (χ1) is 15.8. The van der Waals surface area contributed by atoms with E-state index in [4.69, 9.17) is 22.1 Å². The number of primary amides is 1. The molecule has 7 heteroatoms. The molecule has 1 aromatic rings. The molecule has 1 heterocycles. The Balaban J connectivity index is 0.000000331. The zero-order valence-corrected chi connectivity index (χ0v) is 21.1. The van der Waals surface area contributed by atoms with Crippen LogP contribution in [0.5, 0.6) is 0 Å². The van der Waals surface area contributed by atoms with E-state index in [1.54, 1.807) is 6.08 Å². The third-order valence-corrected chi connectivity index (χ3v) is 5.70. The number of fused-ring (bicyclic) bond motifs is 1. The van der Waals surface area contributed by atoms with E-state index < -0.39 is 5.91 Å². The quantitative estimate of drug-likeness (QED) is 0.161. The van der Waals surface area contributed by atoms with Crippen molar-refractivity contribution < 1.29 is 14.3 Å². The number of rotatable bonds is 12. The molecule has 1 aromatic carbocycles. The number of hydrogen-bond donors (Lipinski definition) is 2. The SMILES string of the molecule is C=C/C(=C\N=C(CC)C(N)=O)OCCCC.CCCC1(CCC)C(=O)Nc2ccc(Cl)cc21. The number of allylic oxidation sites excluding steroid dienone is 1. The molecular formula is C26H38ClN3O3. The van der Waals surface area contributed by atoms with Crippen LogP contribution in [0, 0.1) is 0 Å². The Bertz CT molecular complexity index is 872. The first-order valence-corrected chi connectivity index (χ1v) is 12.1. The molecule has 1 aliphatic rings. The third-order valence-electron chi connectivity index (χ3n) is 5.47. The van der Waals surface area contributed by atoms with Crippen LogP contribution in [0.4, 0.5) is 5.69 Å². The van der Waals surface area contributed by atoms with Crippen LogP contribution in [0.15, 0.2) is 47.8 Å². The van der Waals surface area contributed by atoms with Crippen LogP contribution >= 0.6 is 11.6 Å². The maximum absolute atomic E-state index is 12.3. The Kier molecular flexibility index (Phi) is 12.5. The van der Waals surface area contributed by atoms with Crippen molar-refractivity contribution in [1.82, 2.24) is 0 Å². The number of nitrogens with two attached hydrogens (primary N) is 1. The standard InChI is InChI=1S/C14H18ClNO.C12H20N2O2/c1-3-7-14(8-4-2)11-9-10(15)5-6-12(11)16-13(14)17;1-4-7-8-16-10(5-2)9-14-11(6-3)12(13)15/h5-6,9H,3-4,7-8H2,1-2H3,(H,16,17);5,9H,2,4,6-8H2,1,3H3,(H2,13,15)/b;10-9+,14-11?. The summed E-state index contributed by atoms with van der Waals surface area (Å²) in [7, 11) is 0. The molecule has 0 unspecified atom stereocenters. The minimum absolute atomic E-state index is 0.137. The summed E-state index contributed by atoms with van der Waals surface area (Å²) in [5, 5.41) is 3.69. The van der Waals surface area contributed by atoms with Crippen LogP contribution < -0.4 is 11.1 Å². The van der Waals surface area contributed by atoms with Crippen LogP contribution in [0.2, 0.25) is 5.02 Å². The van der Waals surface area contributed by atoms with Gasteiger partial charge in [-0.3, -0.25) is 14.6 Å². The fraction of sp³-hybridized carbons (Fsp3) is 0.500. The molecule has 0 saturated carbocycles. The summed E-state index contributed by atoms with van der Waals surface area (Å²) >= 11 is 6.06. The van der Waals surface area contributed by atoms with Gasteiger partial charge in [-0.2, -0.15) is 0 Å². The zero-order valence-electron chi connectivity index (χ0n) is 20.4. The highest BCUT2D eigenvalue weighted by molar-refractivity contribution is 6.38. The van der Waals surface area contributed by atoms with Crippen molar-refractivity contribution in [2.75, 3.05) is 11.9 Å². The zero-order chi connectivity index (χ0) is 24.9. The number of anilines is 1. The fourth-order valence-electron chi connectivity index (χ4n) is 3.81. The summed E-state index contributed by atoms with van der Waals surface area (Å²) in [5.41, 5.74) is 7.12. The van der Waals surface area contributed by atoms with E-state index in [1.807, 2.05) is 25.1 Å². The summed E-state index contributed by atoms with van der Waals surface area (Å²) in [6.07, 6.45) is 9.37. The predicted molar refractivity (Wildman–Crippen MR) is 138 cm³/mol. The van der Waals surface area contributed by atoms with Gasteiger partial charge < -0.3 is 15.8 Å². The fourth-order valence-corrected chi connectivity index (χ4v) is 3.99. The smallest absolute Gasteiger partial charge is 0.263 e. The predicted octanol–water partition coefficient (Wildman–Crippen LogP) is 6.30. The average molecular weight is 476 g/mol. The molecular weight excluding hydrogens is 438 g/mol. The molecule has 2 amide bonds. The Labute approximate surface area is 203 Å². The summed E-state index contributed by atoms with van der Waals surface area (Å²) in [6, 6.07) is 5.68. The molecule has 0 atom stereocenters. The number of nitrogens with zero attached hydrogens (tertiary/aromatic N) is 1. The van der Waals surface area contributed by atoms with Crippen molar-refractivity contribution >= 4 is 34.8 Å². The van der Waals surface area contributed by atoms with Crippen molar-refractivity contribution in [1.29, 1.82) is 0 Å². The number of ether oxygens (including phenoxy) is 1. The van der Waals surface area contributed by atoms with Crippen LogP contribution in [-0.2, 0) is 19.7 Å². The Hall–Kier alpha value is -2.60. The molecule has 0 aliphatic carbocycles. The molecule has 3 N–H and O–H groups in total. The lowest BCUT2D eigenvalue weighted by Gasteiger charge is -2.26. The largest absolute Gasteiger partial charge is 0.492 e. The van der Waals surface area contributed by atoms with E-state index in [1.165, 1.54) is 6.20 Å². The van der Waals surface area contributed by atoms with Gasteiger partial charge >= 0.3 is 0 Å². The summed E-state index contributed by atoms with van der Waals surface area (Å²) in [4.78, 5) is 27.2. The normalized spacial score (nSPS) is 14.6. The van der Waals surface area contributed by atoms with Crippen LogP contribution in [0.25, 0.3) is 0 Å². The highest BCUT2D eigenvalue weighted by atomic mass is 35.5. The molecule has 0 radical (unpaired) electrons. The highest BCUT2D eigenvalue weighted by Crippen LogP contribution is 2.45. The number of amides is 2. The topological polar surface area (TPSA) is 93.8 Å². The van der Waals surface area contributed by atoms with Gasteiger partial charge in [-0.05, 0) is 55.5 Å². The van der Waals surface area contributed by atoms with Gasteiger partial charge in [-0.25, -0.2) is 0 Å².